The molecule has 0 saturated heterocycles. The number of hydrogen-bond acceptors (Lipinski definition) is 1. The summed E-state index contributed by atoms with van der Waals surface area (Å²) in [4.78, 5) is 0. The molecular formula is C12H18N2. The molecule has 1 fully saturated rings. The molecule has 0 aliphatic heterocycles. The van der Waals surface area contributed by atoms with Gasteiger partial charge in [-0.25, -0.2) is 0 Å². The van der Waals surface area contributed by atoms with Crippen molar-refractivity contribution in [1.82, 2.24) is 4.57 Å². The van der Waals surface area contributed by atoms with Crippen molar-refractivity contribution in [2.45, 2.75) is 44.7 Å². The second kappa shape index (κ2) is 2.86. The summed E-state index contributed by atoms with van der Waals surface area (Å²) in [5.74, 6) is 0.879. The lowest BCUT2D eigenvalue weighted by Crippen LogP contribution is -2.18. The first kappa shape index (κ1) is 8.54. The van der Waals surface area contributed by atoms with Gasteiger partial charge in [-0.3, -0.25) is 0 Å². The number of rotatable bonds is 1. The van der Waals surface area contributed by atoms with Gasteiger partial charge >= 0.3 is 0 Å². The molecule has 1 aromatic heterocycles. The van der Waals surface area contributed by atoms with Crippen LogP contribution in [0.15, 0.2) is 12.3 Å². The van der Waals surface area contributed by atoms with Crippen LogP contribution in [0, 0.1) is 5.92 Å². The average molecular weight is 190 g/mol. The molecular weight excluding hydrogens is 172 g/mol. The summed E-state index contributed by atoms with van der Waals surface area (Å²) in [6.07, 6.45) is 7.27. The van der Waals surface area contributed by atoms with Crippen LogP contribution in [0.5, 0.6) is 0 Å². The Morgan fingerprint density at radius 1 is 1.50 bits per heavy atom. The predicted octanol–water partition coefficient (Wildman–Crippen LogP) is 2.41. The molecule has 0 aromatic carbocycles. The summed E-state index contributed by atoms with van der Waals surface area (Å²) in [5, 5.41) is 0. The summed E-state index contributed by atoms with van der Waals surface area (Å²) in [6, 6.07) is 3.32. The Kier molecular flexibility index (Phi) is 1.75. The van der Waals surface area contributed by atoms with Crippen molar-refractivity contribution >= 4 is 0 Å². The van der Waals surface area contributed by atoms with Crippen LogP contribution in [0.2, 0.25) is 0 Å². The van der Waals surface area contributed by atoms with Crippen LogP contribution in [-0.4, -0.2) is 4.57 Å². The van der Waals surface area contributed by atoms with E-state index in [1.807, 2.05) is 0 Å². The van der Waals surface area contributed by atoms with E-state index in [2.05, 4.69) is 23.8 Å². The first-order chi connectivity index (χ1) is 6.77. The summed E-state index contributed by atoms with van der Waals surface area (Å²) in [5.41, 5.74) is 9.04. The Morgan fingerprint density at radius 2 is 2.29 bits per heavy atom. The van der Waals surface area contributed by atoms with Gasteiger partial charge in [0.25, 0.3) is 0 Å². The summed E-state index contributed by atoms with van der Waals surface area (Å²) < 4.78 is 2.49. The van der Waals surface area contributed by atoms with E-state index < -0.39 is 0 Å². The molecule has 2 heteroatoms. The SMILES string of the molecule is CC1CC1n1ccc2c1CCCC2N. The highest BCUT2D eigenvalue weighted by Crippen LogP contribution is 2.45. The lowest BCUT2D eigenvalue weighted by Gasteiger charge is -2.21. The van der Waals surface area contributed by atoms with Crippen molar-refractivity contribution in [3.05, 3.63) is 23.5 Å². The molecule has 3 rings (SSSR count). The smallest absolute Gasteiger partial charge is 0.0363 e. The van der Waals surface area contributed by atoms with E-state index in [-0.39, 0.29) is 0 Å². The Hall–Kier alpha value is -0.760. The van der Waals surface area contributed by atoms with Gasteiger partial charge in [-0.15, -0.1) is 0 Å². The molecule has 2 nitrogen and oxygen atoms in total. The first-order valence-corrected chi connectivity index (χ1v) is 5.72. The highest BCUT2D eigenvalue weighted by molar-refractivity contribution is 5.29. The molecule has 14 heavy (non-hydrogen) atoms. The van der Waals surface area contributed by atoms with Crippen molar-refractivity contribution in [1.29, 1.82) is 0 Å². The van der Waals surface area contributed by atoms with Crippen molar-refractivity contribution in [3.8, 4) is 0 Å². The normalized spacial score (nSPS) is 35.4. The molecule has 0 amide bonds. The van der Waals surface area contributed by atoms with E-state index in [1.165, 1.54) is 30.5 Å². The van der Waals surface area contributed by atoms with Gasteiger partial charge in [0.15, 0.2) is 0 Å². The van der Waals surface area contributed by atoms with E-state index in [9.17, 15) is 0 Å². The Labute approximate surface area is 85.1 Å². The third-order valence-corrected chi connectivity index (χ3v) is 3.81. The van der Waals surface area contributed by atoms with E-state index in [1.54, 1.807) is 0 Å². The van der Waals surface area contributed by atoms with Crippen LogP contribution in [0.3, 0.4) is 0 Å². The van der Waals surface area contributed by atoms with E-state index in [0.29, 0.717) is 6.04 Å². The highest BCUT2D eigenvalue weighted by Gasteiger charge is 2.36. The van der Waals surface area contributed by atoms with E-state index in [4.69, 9.17) is 5.73 Å². The number of fused-ring (bicyclic) bond motifs is 1. The van der Waals surface area contributed by atoms with Gasteiger partial charge < -0.3 is 10.3 Å². The number of aromatic nitrogens is 1. The molecule has 3 atom stereocenters. The van der Waals surface area contributed by atoms with E-state index in [0.717, 1.165) is 18.4 Å². The van der Waals surface area contributed by atoms with E-state index >= 15 is 0 Å². The molecule has 1 heterocycles. The zero-order valence-corrected chi connectivity index (χ0v) is 8.74. The van der Waals surface area contributed by atoms with Gasteiger partial charge in [0.05, 0.1) is 0 Å². The third kappa shape index (κ3) is 1.13. The Bertz CT molecular complexity index is 353. The molecule has 0 radical (unpaired) electrons. The quantitative estimate of drug-likeness (QED) is 0.724. The van der Waals surface area contributed by atoms with Crippen LogP contribution in [0.1, 0.15) is 49.5 Å². The fraction of sp³-hybridized carbons (Fsp3) is 0.667. The molecule has 2 aliphatic carbocycles. The fourth-order valence-corrected chi connectivity index (χ4v) is 2.75. The van der Waals surface area contributed by atoms with Crippen molar-refractivity contribution in [3.63, 3.8) is 0 Å². The first-order valence-electron chi connectivity index (χ1n) is 5.72. The summed E-state index contributed by atoms with van der Waals surface area (Å²) in [7, 11) is 0. The van der Waals surface area contributed by atoms with Gasteiger partial charge in [0.1, 0.15) is 0 Å². The summed E-state index contributed by atoms with van der Waals surface area (Å²) in [6.45, 7) is 2.33. The molecule has 2 aliphatic rings. The molecule has 0 spiro atoms. The van der Waals surface area contributed by atoms with Crippen molar-refractivity contribution in [2.75, 3.05) is 0 Å². The average Bonchev–Trinajstić information content (AvgIpc) is 2.75. The Morgan fingerprint density at radius 3 is 3.00 bits per heavy atom. The van der Waals surface area contributed by atoms with Crippen LogP contribution < -0.4 is 5.73 Å². The van der Waals surface area contributed by atoms with Crippen LogP contribution in [0.4, 0.5) is 0 Å². The largest absolute Gasteiger partial charge is 0.348 e. The standard InChI is InChI=1S/C12H18N2/c1-8-7-12(8)14-6-5-9-10(13)3-2-4-11(9)14/h5-6,8,10,12H,2-4,7,13H2,1H3. The second-order valence-electron chi connectivity index (χ2n) is 4.90. The zero-order chi connectivity index (χ0) is 9.71. The van der Waals surface area contributed by atoms with Gasteiger partial charge in [-0.2, -0.15) is 0 Å². The van der Waals surface area contributed by atoms with Gasteiger partial charge in [-0.05, 0) is 43.2 Å². The van der Waals surface area contributed by atoms with Crippen molar-refractivity contribution < 1.29 is 0 Å². The highest BCUT2D eigenvalue weighted by atomic mass is 15.1. The lowest BCUT2D eigenvalue weighted by atomic mass is 9.93. The van der Waals surface area contributed by atoms with Crippen LogP contribution in [0.25, 0.3) is 0 Å². The van der Waals surface area contributed by atoms with Crippen LogP contribution in [-0.2, 0) is 6.42 Å². The maximum Gasteiger partial charge on any atom is 0.0363 e. The topological polar surface area (TPSA) is 30.9 Å². The predicted molar refractivity (Wildman–Crippen MR) is 57.1 cm³/mol. The Balaban J connectivity index is 1.99. The van der Waals surface area contributed by atoms with Crippen molar-refractivity contribution in [2.24, 2.45) is 11.7 Å². The molecule has 0 bridgehead atoms. The number of hydrogen-bond donors (Lipinski definition) is 1. The molecule has 76 valence electrons. The maximum absolute atomic E-state index is 6.10. The maximum atomic E-state index is 6.10. The number of nitrogens with two attached hydrogens (primary N) is 1. The fourth-order valence-electron chi connectivity index (χ4n) is 2.75. The zero-order valence-electron chi connectivity index (χ0n) is 8.74. The minimum atomic E-state index is 0.300. The summed E-state index contributed by atoms with van der Waals surface area (Å²) >= 11 is 0. The number of nitrogens with zero attached hydrogens (tertiary/aromatic N) is 1. The molecule has 2 N–H and O–H groups in total. The molecule has 1 aromatic rings. The minimum Gasteiger partial charge on any atom is -0.348 e. The van der Waals surface area contributed by atoms with Gasteiger partial charge in [-0.1, -0.05) is 6.92 Å². The second-order valence-corrected chi connectivity index (χ2v) is 4.90. The third-order valence-electron chi connectivity index (χ3n) is 3.81. The molecule has 3 unspecified atom stereocenters. The lowest BCUT2D eigenvalue weighted by molar-refractivity contribution is 0.536. The monoisotopic (exact) mass is 190 g/mol. The van der Waals surface area contributed by atoms with Gasteiger partial charge in [0.2, 0.25) is 0 Å². The van der Waals surface area contributed by atoms with Gasteiger partial charge in [0, 0.05) is 24.0 Å². The molecule has 1 saturated carbocycles. The minimum absolute atomic E-state index is 0.300. The van der Waals surface area contributed by atoms with Crippen LogP contribution >= 0.6 is 0 Å².